The van der Waals surface area contributed by atoms with Crippen LogP contribution < -0.4 is 15.5 Å². The minimum absolute atomic E-state index is 0.0577. The average molecular weight is 541 g/mol. The van der Waals surface area contributed by atoms with Crippen LogP contribution in [0.2, 0.25) is 0 Å². The van der Waals surface area contributed by atoms with Gasteiger partial charge in [0, 0.05) is 50.4 Å². The summed E-state index contributed by atoms with van der Waals surface area (Å²) in [4.78, 5) is 55.6. The van der Waals surface area contributed by atoms with Gasteiger partial charge in [0.25, 0.3) is 5.91 Å². The van der Waals surface area contributed by atoms with Crippen LogP contribution in [0.1, 0.15) is 55.1 Å². The topological polar surface area (TPSA) is 98.8 Å². The number of nitrogens with one attached hydrogen (secondary N) is 2. The van der Waals surface area contributed by atoms with E-state index in [2.05, 4.69) is 10.6 Å². The molecule has 4 rings (SSSR count). The summed E-state index contributed by atoms with van der Waals surface area (Å²) in [5.74, 6) is -0.848. The molecule has 0 atom stereocenters. The van der Waals surface area contributed by atoms with E-state index in [0.717, 1.165) is 17.5 Å². The van der Waals surface area contributed by atoms with Crippen LogP contribution >= 0.6 is 0 Å². The Bertz CT molecular complexity index is 1360. The van der Waals surface area contributed by atoms with E-state index in [0.29, 0.717) is 49.4 Å². The molecule has 0 aromatic heterocycles. The maximum Gasteiger partial charge on any atom is 0.259 e. The summed E-state index contributed by atoms with van der Waals surface area (Å²) in [6.45, 7) is 6.01. The lowest BCUT2D eigenvalue weighted by atomic mass is 9.83. The Morgan fingerprint density at radius 3 is 2.10 bits per heavy atom. The molecule has 1 aliphatic heterocycles. The number of carbonyl (C=O) groups is 4. The number of rotatable bonds is 8. The Morgan fingerprint density at radius 1 is 0.850 bits per heavy atom. The molecule has 0 aliphatic carbocycles. The molecule has 0 saturated carbocycles. The Balaban J connectivity index is 1.78. The number of piperidine rings is 1. The Hall–Kier alpha value is -4.46. The van der Waals surface area contributed by atoms with Gasteiger partial charge in [-0.25, -0.2) is 0 Å². The zero-order chi connectivity index (χ0) is 28.7. The fourth-order valence-corrected chi connectivity index (χ4v) is 5.19. The summed E-state index contributed by atoms with van der Waals surface area (Å²) in [5.41, 5.74) is 2.36. The van der Waals surface area contributed by atoms with Crippen molar-refractivity contribution in [3.8, 4) is 0 Å². The Kier molecular flexibility index (Phi) is 8.99. The molecular weight excluding hydrogens is 504 g/mol. The molecule has 208 valence electrons. The Morgan fingerprint density at radius 2 is 1.50 bits per heavy atom. The molecule has 1 aliphatic rings. The van der Waals surface area contributed by atoms with E-state index in [1.165, 1.54) is 13.8 Å². The SMILES string of the molecule is CCc1cccc(N(C(=O)c2ccc(NC(C)=O)cc2)C2(C(=O)NCc3ccccc3)CCN(C(C)=O)CC2)c1. The summed E-state index contributed by atoms with van der Waals surface area (Å²) in [6, 6.07) is 24.0. The highest BCUT2D eigenvalue weighted by molar-refractivity contribution is 6.12. The smallest absolute Gasteiger partial charge is 0.259 e. The van der Waals surface area contributed by atoms with Gasteiger partial charge in [-0.1, -0.05) is 49.4 Å². The average Bonchev–Trinajstić information content (AvgIpc) is 2.97. The first kappa shape index (κ1) is 28.5. The van der Waals surface area contributed by atoms with Crippen molar-refractivity contribution in [1.82, 2.24) is 10.2 Å². The highest BCUT2D eigenvalue weighted by Gasteiger charge is 2.49. The standard InChI is InChI=1S/C32H36N4O4/c1-4-25-11-8-12-29(21-25)36(30(39)27-13-15-28(16-14-27)34-23(2)37)32(17-19-35(20-18-32)24(3)38)31(40)33-22-26-9-6-5-7-10-26/h5-16,21H,4,17-20,22H2,1-3H3,(H,33,40)(H,34,37). The zero-order valence-electron chi connectivity index (χ0n) is 23.3. The molecule has 3 aromatic carbocycles. The first-order valence-electron chi connectivity index (χ1n) is 13.6. The molecule has 40 heavy (non-hydrogen) atoms. The van der Waals surface area contributed by atoms with Crippen molar-refractivity contribution in [1.29, 1.82) is 0 Å². The van der Waals surface area contributed by atoms with Crippen LogP contribution in [0.15, 0.2) is 78.9 Å². The summed E-state index contributed by atoms with van der Waals surface area (Å²) in [7, 11) is 0. The quantitative estimate of drug-likeness (QED) is 0.438. The lowest BCUT2D eigenvalue weighted by Crippen LogP contribution is -2.65. The maximum absolute atomic E-state index is 14.4. The fraction of sp³-hybridized carbons (Fsp3) is 0.312. The highest BCUT2D eigenvalue weighted by Crippen LogP contribution is 2.36. The van der Waals surface area contributed by atoms with Crippen molar-refractivity contribution >= 4 is 35.0 Å². The van der Waals surface area contributed by atoms with E-state index in [1.807, 2.05) is 61.5 Å². The molecular formula is C32H36N4O4. The molecule has 8 heteroatoms. The van der Waals surface area contributed by atoms with Gasteiger partial charge in [-0.2, -0.15) is 0 Å². The molecule has 0 radical (unpaired) electrons. The van der Waals surface area contributed by atoms with E-state index in [9.17, 15) is 19.2 Å². The van der Waals surface area contributed by atoms with Crippen LogP contribution in [0.25, 0.3) is 0 Å². The molecule has 4 amide bonds. The summed E-state index contributed by atoms with van der Waals surface area (Å²) in [6.07, 6.45) is 1.35. The molecule has 0 unspecified atom stereocenters. The number of amides is 4. The van der Waals surface area contributed by atoms with E-state index in [1.54, 1.807) is 34.1 Å². The lowest BCUT2D eigenvalue weighted by Gasteiger charge is -2.47. The van der Waals surface area contributed by atoms with Gasteiger partial charge in [-0.3, -0.25) is 24.1 Å². The van der Waals surface area contributed by atoms with Crippen molar-refractivity contribution in [3.63, 3.8) is 0 Å². The summed E-state index contributed by atoms with van der Waals surface area (Å²) in [5, 5.41) is 5.80. The van der Waals surface area contributed by atoms with Crippen molar-refractivity contribution in [3.05, 3.63) is 95.6 Å². The molecule has 3 aromatic rings. The Labute approximate surface area is 235 Å². The van der Waals surface area contributed by atoms with Crippen LogP contribution in [-0.4, -0.2) is 47.2 Å². The predicted molar refractivity (Wildman–Crippen MR) is 156 cm³/mol. The van der Waals surface area contributed by atoms with E-state index in [4.69, 9.17) is 0 Å². The normalized spacial score (nSPS) is 14.2. The van der Waals surface area contributed by atoms with Crippen LogP contribution in [0.5, 0.6) is 0 Å². The number of benzene rings is 3. The van der Waals surface area contributed by atoms with Gasteiger partial charge in [0.05, 0.1) is 0 Å². The molecule has 2 N–H and O–H groups in total. The number of likely N-dealkylation sites (tertiary alicyclic amines) is 1. The zero-order valence-corrected chi connectivity index (χ0v) is 23.3. The third kappa shape index (κ3) is 6.39. The van der Waals surface area contributed by atoms with E-state index in [-0.39, 0.29) is 23.6 Å². The largest absolute Gasteiger partial charge is 0.350 e. The predicted octanol–water partition coefficient (Wildman–Crippen LogP) is 4.55. The van der Waals surface area contributed by atoms with E-state index < -0.39 is 5.54 Å². The monoisotopic (exact) mass is 540 g/mol. The van der Waals surface area contributed by atoms with E-state index >= 15 is 0 Å². The van der Waals surface area contributed by atoms with Crippen molar-refractivity contribution in [2.24, 2.45) is 0 Å². The van der Waals surface area contributed by atoms with Gasteiger partial charge in [-0.05, 0) is 66.8 Å². The summed E-state index contributed by atoms with van der Waals surface area (Å²) < 4.78 is 0. The van der Waals surface area contributed by atoms with Crippen molar-refractivity contribution in [2.75, 3.05) is 23.3 Å². The minimum atomic E-state index is -1.22. The molecule has 1 fully saturated rings. The molecule has 0 bridgehead atoms. The number of hydrogen-bond acceptors (Lipinski definition) is 4. The van der Waals surface area contributed by atoms with Gasteiger partial charge in [-0.15, -0.1) is 0 Å². The molecule has 8 nitrogen and oxygen atoms in total. The second-order valence-electron chi connectivity index (χ2n) is 10.1. The number of carbonyl (C=O) groups excluding carboxylic acids is 4. The number of anilines is 2. The van der Waals surface area contributed by atoms with Crippen LogP contribution in [0.3, 0.4) is 0 Å². The van der Waals surface area contributed by atoms with Crippen molar-refractivity contribution in [2.45, 2.75) is 52.1 Å². The fourth-order valence-electron chi connectivity index (χ4n) is 5.19. The number of hydrogen-bond donors (Lipinski definition) is 2. The third-order valence-electron chi connectivity index (χ3n) is 7.41. The van der Waals surface area contributed by atoms with Gasteiger partial charge in [0.2, 0.25) is 17.7 Å². The molecule has 0 spiro atoms. The lowest BCUT2D eigenvalue weighted by molar-refractivity contribution is -0.135. The number of aryl methyl sites for hydroxylation is 1. The maximum atomic E-state index is 14.4. The summed E-state index contributed by atoms with van der Waals surface area (Å²) >= 11 is 0. The van der Waals surface area contributed by atoms with Crippen molar-refractivity contribution < 1.29 is 19.2 Å². The van der Waals surface area contributed by atoms with Gasteiger partial charge < -0.3 is 15.5 Å². The van der Waals surface area contributed by atoms with Gasteiger partial charge >= 0.3 is 0 Å². The highest BCUT2D eigenvalue weighted by atomic mass is 16.2. The first-order chi connectivity index (χ1) is 19.2. The van der Waals surface area contributed by atoms with Crippen LogP contribution in [0, 0.1) is 0 Å². The second kappa shape index (κ2) is 12.6. The second-order valence-corrected chi connectivity index (χ2v) is 10.1. The first-order valence-corrected chi connectivity index (χ1v) is 13.6. The van der Waals surface area contributed by atoms with Crippen LogP contribution in [-0.2, 0) is 27.3 Å². The third-order valence-corrected chi connectivity index (χ3v) is 7.41. The van der Waals surface area contributed by atoms with Gasteiger partial charge in [0.15, 0.2) is 0 Å². The molecule has 1 saturated heterocycles. The molecule has 1 heterocycles. The van der Waals surface area contributed by atoms with Crippen LogP contribution in [0.4, 0.5) is 11.4 Å². The minimum Gasteiger partial charge on any atom is -0.350 e. The van der Waals surface area contributed by atoms with Gasteiger partial charge in [0.1, 0.15) is 5.54 Å². The number of nitrogens with zero attached hydrogens (tertiary/aromatic N) is 2.